The molecular weight excluding hydrogens is 266 g/mol. The number of nitrogens with zero attached hydrogens (tertiary/aromatic N) is 1. The summed E-state index contributed by atoms with van der Waals surface area (Å²) < 4.78 is 28.0. The molecule has 0 atom stereocenters. The van der Waals surface area contributed by atoms with Crippen LogP contribution < -0.4 is 10.6 Å². The first-order valence-electron chi connectivity index (χ1n) is 6.49. The predicted molar refractivity (Wildman–Crippen MR) is 77.5 cm³/mol. The maximum absolute atomic E-state index is 14.0. The van der Waals surface area contributed by atoms with Gasteiger partial charge in [-0.2, -0.15) is 0 Å². The summed E-state index contributed by atoms with van der Waals surface area (Å²) in [4.78, 5) is 1.66. The second-order valence-electron chi connectivity index (χ2n) is 5.18. The number of hydrogen-bond donors (Lipinski definition) is 1. The van der Waals surface area contributed by atoms with E-state index < -0.39 is 11.6 Å². The van der Waals surface area contributed by atoms with E-state index in [1.807, 2.05) is 0 Å². The topological polar surface area (TPSA) is 29.3 Å². The number of thiocarbonyl (C=S) groups is 1. The molecule has 0 spiro atoms. The molecule has 2 rings (SSSR count). The Morgan fingerprint density at radius 1 is 1.32 bits per heavy atom. The summed E-state index contributed by atoms with van der Waals surface area (Å²) in [6, 6.07) is 2.40. The van der Waals surface area contributed by atoms with Gasteiger partial charge in [0.05, 0.1) is 0 Å². The van der Waals surface area contributed by atoms with Crippen molar-refractivity contribution in [3.8, 4) is 0 Å². The average Bonchev–Trinajstić information content (AvgIpc) is 2.80. The maximum atomic E-state index is 14.0. The smallest absolute Gasteiger partial charge is 0.150 e. The highest BCUT2D eigenvalue weighted by molar-refractivity contribution is 7.80. The van der Waals surface area contributed by atoms with Crippen LogP contribution in [0.1, 0.15) is 31.2 Å². The molecule has 1 saturated carbocycles. The molecule has 1 aliphatic rings. The van der Waals surface area contributed by atoms with Gasteiger partial charge >= 0.3 is 0 Å². The molecule has 0 aromatic heterocycles. The molecule has 1 aliphatic carbocycles. The van der Waals surface area contributed by atoms with Gasteiger partial charge in [0.2, 0.25) is 0 Å². The van der Waals surface area contributed by atoms with Crippen LogP contribution in [0.3, 0.4) is 0 Å². The molecule has 0 saturated heterocycles. The van der Waals surface area contributed by atoms with E-state index in [4.69, 9.17) is 18.0 Å². The van der Waals surface area contributed by atoms with Crippen molar-refractivity contribution in [1.82, 2.24) is 0 Å². The Kier molecular flexibility index (Phi) is 4.34. The molecule has 19 heavy (non-hydrogen) atoms. The zero-order valence-electron chi connectivity index (χ0n) is 11.0. The summed E-state index contributed by atoms with van der Waals surface area (Å²) in [5.74, 6) is -0.689. The minimum Gasteiger partial charge on any atom is -0.389 e. The Hall–Kier alpha value is -1.23. The average molecular weight is 284 g/mol. The van der Waals surface area contributed by atoms with Crippen molar-refractivity contribution >= 4 is 22.9 Å². The third-order valence-corrected chi connectivity index (χ3v) is 3.93. The lowest BCUT2D eigenvalue weighted by Gasteiger charge is -2.24. The zero-order chi connectivity index (χ0) is 14.0. The third kappa shape index (κ3) is 3.21. The molecule has 104 valence electrons. The van der Waals surface area contributed by atoms with Crippen molar-refractivity contribution < 1.29 is 8.78 Å². The van der Waals surface area contributed by atoms with Crippen LogP contribution in [-0.4, -0.2) is 18.6 Å². The Morgan fingerprint density at radius 2 is 1.84 bits per heavy atom. The minimum atomic E-state index is -0.608. The summed E-state index contributed by atoms with van der Waals surface area (Å²) in [6.45, 7) is 0.681. The monoisotopic (exact) mass is 284 g/mol. The highest BCUT2D eigenvalue weighted by atomic mass is 32.1. The van der Waals surface area contributed by atoms with Crippen molar-refractivity contribution in [2.45, 2.75) is 25.7 Å². The van der Waals surface area contributed by atoms with Gasteiger partial charge in [0.15, 0.2) is 0 Å². The van der Waals surface area contributed by atoms with Crippen LogP contribution in [0, 0.1) is 17.6 Å². The molecule has 0 radical (unpaired) electrons. The Labute approximate surface area is 117 Å². The molecule has 0 unspecified atom stereocenters. The van der Waals surface area contributed by atoms with Crippen molar-refractivity contribution in [2.75, 3.05) is 18.5 Å². The molecule has 2 N–H and O–H groups in total. The van der Waals surface area contributed by atoms with Crippen molar-refractivity contribution in [2.24, 2.45) is 11.7 Å². The van der Waals surface area contributed by atoms with Gasteiger partial charge in [-0.3, -0.25) is 0 Å². The molecule has 0 heterocycles. The van der Waals surface area contributed by atoms with Gasteiger partial charge in [0.1, 0.15) is 22.3 Å². The van der Waals surface area contributed by atoms with Gasteiger partial charge < -0.3 is 10.6 Å². The number of halogens is 2. The highest BCUT2D eigenvalue weighted by Crippen LogP contribution is 2.29. The first-order valence-corrected chi connectivity index (χ1v) is 6.90. The van der Waals surface area contributed by atoms with Crippen LogP contribution in [0.4, 0.5) is 14.5 Å². The zero-order valence-corrected chi connectivity index (χ0v) is 11.8. The third-order valence-electron chi connectivity index (χ3n) is 3.69. The Bertz CT molecular complexity index is 461. The molecule has 0 amide bonds. The van der Waals surface area contributed by atoms with Crippen molar-refractivity contribution in [1.29, 1.82) is 0 Å². The SMILES string of the molecule is CN(CC1CCCC1)c1c(F)cc(C(N)=S)cc1F. The van der Waals surface area contributed by atoms with Crippen LogP contribution in [0.25, 0.3) is 0 Å². The van der Waals surface area contributed by atoms with E-state index in [1.165, 1.54) is 25.0 Å². The van der Waals surface area contributed by atoms with Gasteiger partial charge in [0, 0.05) is 19.2 Å². The van der Waals surface area contributed by atoms with Gasteiger partial charge in [-0.15, -0.1) is 0 Å². The molecule has 0 bridgehead atoms. The number of anilines is 1. The standard InChI is InChI=1S/C14H18F2N2S/c1-18(8-9-4-2-3-5-9)13-11(15)6-10(14(17)19)7-12(13)16/h6-7,9H,2-5,8H2,1H3,(H2,17,19). The number of benzene rings is 1. The maximum Gasteiger partial charge on any atom is 0.150 e. The summed E-state index contributed by atoms with van der Waals surface area (Å²) in [7, 11) is 1.72. The first kappa shape index (κ1) is 14.2. The van der Waals surface area contributed by atoms with Gasteiger partial charge in [0.25, 0.3) is 0 Å². The van der Waals surface area contributed by atoms with Crippen LogP contribution in [0.15, 0.2) is 12.1 Å². The van der Waals surface area contributed by atoms with Gasteiger partial charge in [-0.1, -0.05) is 25.1 Å². The fraction of sp³-hybridized carbons (Fsp3) is 0.500. The molecule has 0 aliphatic heterocycles. The summed E-state index contributed by atoms with van der Waals surface area (Å²) in [6.07, 6.45) is 4.70. The molecule has 1 fully saturated rings. The fourth-order valence-corrected chi connectivity index (χ4v) is 2.86. The number of rotatable bonds is 4. The lowest BCUT2D eigenvalue weighted by Crippen LogP contribution is -2.26. The van der Waals surface area contributed by atoms with E-state index in [1.54, 1.807) is 11.9 Å². The Balaban J connectivity index is 2.21. The normalized spacial score (nSPS) is 15.7. The fourth-order valence-electron chi connectivity index (χ4n) is 2.74. The van der Waals surface area contributed by atoms with E-state index in [0.29, 0.717) is 12.5 Å². The van der Waals surface area contributed by atoms with E-state index >= 15 is 0 Å². The van der Waals surface area contributed by atoms with Crippen molar-refractivity contribution in [3.05, 3.63) is 29.3 Å². The van der Waals surface area contributed by atoms with Crippen LogP contribution in [0.2, 0.25) is 0 Å². The van der Waals surface area contributed by atoms with Crippen LogP contribution in [-0.2, 0) is 0 Å². The van der Waals surface area contributed by atoms with Crippen LogP contribution >= 0.6 is 12.2 Å². The van der Waals surface area contributed by atoms with E-state index in [9.17, 15) is 8.78 Å². The number of nitrogens with two attached hydrogens (primary N) is 1. The van der Waals surface area contributed by atoms with E-state index in [0.717, 1.165) is 12.8 Å². The van der Waals surface area contributed by atoms with Gasteiger partial charge in [-0.05, 0) is 30.9 Å². The Morgan fingerprint density at radius 3 is 2.32 bits per heavy atom. The summed E-state index contributed by atoms with van der Waals surface area (Å²) in [5.41, 5.74) is 5.63. The van der Waals surface area contributed by atoms with Crippen LogP contribution in [0.5, 0.6) is 0 Å². The minimum absolute atomic E-state index is 0.00259. The second kappa shape index (κ2) is 5.82. The largest absolute Gasteiger partial charge is 0.389 e. The van der Waals surface area contributed by atoms with Crippen molar-refractivity contribution in [3.63, 3.8) is 0 Å². The molecule has 1 aromatic rings. The molecule has 1 aromatic carbocycles. The summed E-state index contributed by atoms with van der Waals surface area (Å²) in [5, 5.41) is 0. The van der Waals surface area contributed by atoms with E-state index in [-0.39, 0.29) is 16.2 Å². The number of hydrogen-bond acceptors (Lipinski definition) is 2. The lowest BCUT2D eigenvalue weighted by atomic mass is 10.1. The lowest BCUT2D eigenvalue weighted by molar-refractivity contribution is 0.525. The van der Waals surface area contributed by atoms with E-state index in [2.05, 4.69) is 0 Å². The molecular formula is C14H18F2N2S. The summed E-state index contributed by atoms with van der Waals surface area (Å²) >= 11 is 4.74. The van der Waals surface area contributed by atoms with Gasteiger partial charge in [-0.25, -0.2) is 8.78 Å². The quantitative estimate of drug-likeness (QED) is 0.861. The first-order chi connectivity index (χ1) is 8.99. The highest BCUT2D eigenvalue weighted by Gasteiger charge is 2.21. The molecule has 5 heteroatoms. The molecule has 2 nitrogen and oxygen atoms in total. The second-order valence-corrected chi connectivity index (χ2v) is 5.62. The predicted octanol–water partition coefficient (Wildman–Crippen LogP) is 3.23.